The number of urea groups is 1. The van der Waals surface area contributed by atoms with Crippen LogP contribution in [0.1, 0.15) is 30.0 Å². The highest BCUT2D eigenvalue weighted by Crippen LogP contribution is 2.33. The lowest BCUT2D eigenvalue weighted by Gasteiger charge is -2.29. The number of methoxy groups -OCH3 is 2. The first-order valence-corrected chi connectivity index (χ1v) is 9.63. The highest BCUT2D eigenvalue weighted by molar-refractivity contribution is 5.74. The van der Waals surface area contributed by atoms with E-state index in [2.05, 4.69) is 12.2 Å². The van der Waals surface area contributed by atoms with Crippen molar-refractivity contribution in [3.05, 3.63) is 53.1 Å². The Bertz CT molecular complexity index is 822. The number of fused-ring (bicyclic) bond motifs is 1. The van der Waals surface area contributed by atoms with E-state index in [-0.39, 0.29) is 6.03 Å². The number of ether oxygens (including phenoxy) is 3. The van der Waals surface area contributed by atoms with Crippen LogP contribution in [-0.2, 0) is 19.5 Å². The predicted octanol–water partition coefficient (Wildman–Crippen LogP) is 3.76. The Morgan fingerprint density at radius 2 is 1.86 bits per heavy atom. The van der Waals surface area contributed by atoms with Crippen molar-refractivity contribution in [2.24, 2.45) is 0 Å². The van der Waals surface area contributed by atoms with Crippen LogP contribution in [0.4, 0.5) is 4.79 Å². The largest absolute Gasteiger partial charge is 0.494 e. The van der Waals surface area contributed by atoms with Gasteiger partial charge in [-0.3, -0.25) is 0 Å². The van der Waals surface area contributed by atoms with Gasteiger partial charge in [0.15, 0.2) is 11.5 Å². The first kappa shape index (κ1) is 19.9. The van der Waals surface area contributed by atoms with Crippen molar-refractivity contribution in [3.63, 3.8) is 0 Å². The second-order valence-electron chi connectivity index (χ2n) is 6.80. The highest BCUT2D eigenvalue weighted by Gasteiger charge is 2.22. The van der Waals surface area contributed by atoms with Crippen molar-refractivity contribution in [2.45, 2.75) is 32.9 Å². The Morgan fingerprint density at radius 3 is 2.57 bits per heavy atom. The number of amides is 2. The molecule has 0 saturated heterocycles. The van der Waals surface area contributed by atoms with E-state index in [0.717, 1.165) is 35.5 Å². The number of nitrogens with zero attached hydrogens (tertiary/aromatic N) is 1. The lowest BCUT2D eigenvalue weighted by atomic mass is 9.99. The molecule has 1 aliphatic heterocycles. The lowest BCUT2D eigenvalue weighted by Crippen LogP contribution is -2.42. The molecule has 0 aromatic heterocycles. The summed E-state index contributed by atoms with van der Waals surface area (Å²) in [5.74, 6) is 2.25. The Morgan fingerprint density at radius 1 is 1.11 bits per heavy atom. The number of rotatable bonds is 7. The summed E-state index contributed by atoms with van der Waals surface area (Å²) in [6.45, 7) is 4.47. The normalized spacial score (nSPS) is 12.9. The van der Waals surface area contributed by atoms with Crippen molar-refractivity contribution in [1.82, 2.24) is 10.2 Å². The highest BCUT2D eigenvalue weighted by atomic mass is 16.5. The molecule has 2 aromatic carbocycles. The molecule has 6 heteroatoms. The molecule has 3 rings (SSSR count). The maximum atomic E-state index is 12.6. The molecule has 1 aliphatic rings. The van der Waals surface area contributed by atoms with Crippen LogP contribution in [0.25, 0.3) is 0 Å². The third-order valence-electron chi connectivity index (χ3n) is 4.82. The fourth-order valence-electron chi connectivity index (χ4n) is 3.31. The van der Waals surface area contributed by atoms with Gasteiger partial charge in [0.05, 0.1) is 20.8 Å². The van der Waals surface area contributed by atoms with Gasteiger partial charge in [0.1, 0.15) is 5.75 Å². The molecular formula is C22H28N2O4. The molecule has 0 fully saturated rings. The predicted molar refractivity (Wildman–Crippen MR) is 108 cm³/mol. The zero-order valence-electron chi connectivity index (χ0n) is 16.8. The van der Waals surface area contributed by atoms with E-state index in [1.165, 1.54) is 5.56 Å². The second kappa shape index (κ2) is 9.35. The summed E-state index contributed by atoms with van der Waals surface area (Å²) in [5, 5.41) is 3.01. The number of benzene rings is 2. The Hall–Kier alpha value is -2.89. The first-order valence-electron chi connectivity index (χ1n) is 9.63. The maximum Gasteiger partial charge on any atom is 0.317 e. The Balaban J connectivity index is 1.60. The van der Waals surface area contributed by atoms with Crippen molar-refractivity contribution >= 4 is 6.03 Å². The zero-order chi connectivity index (χ0) is 19.9. The summed E-state index contributed by atoms with van der Waals surface area (Å²) in [6, 6.07) is 11.7. The summed E-state index contributed by atoms with van der Waals surface area (Å²) >= 11 is 0. The minimum atomic E-state index is -0.0692. The molecule has 1 heterocycles. The third-order valence-corrected chi connectivity index (χ3v) is 4.82. The van der Waals surface area contributed by atoms with Gasteiger partial charge in [-0.25, -0.2) is 4.79 Å². The molecule has 0 atom stereocenters. The van der Waals surface area contributed by atoms with Gasteiger partial charge < -0.3 is 24.4 Å². The molecule has 0 saturated carbocycles. The van der Waals surface area contributed by atoms with E-state index in [1.54, 1.807) is 14.2 Å². The monoisotopic (exact) mass is 384 g/mol. The summed E-state index contributed by atoms with van der Waals surface area (Å²) in [5.41, 5.74) is 3.31. The molecule has 2 aromatic rings. The van der Waals surface area contributed by atoms with Crippen LogP contribution in [0.3, 0.4) is 0 Å². The molecule has 0 spiro atoms. The van der Waals surface area contributed by atoms with Crippen molar-refractivity contribution in [2.75, 3.05) is 27.4 Å². The van der Waals surface area contributed by atoms with Gasteiger partial charge in [-0.1, -0.05) is 19.1 Å². The fourth-order valence-corrected chi connectivity index (χ4v) is 3.31. The van der Waals surface area contributed by atoms with Gasteiger partial charge in [0.2, 0.25) is 0 Å². The van der Waals surface area contributed by atoms with E-state index in [1.807, 2.05) is 41.3 Å². The SMILES string of the molecule is CCCOc1cccc(CNC(=O)N2CCc3cc(OC)c(OC)cc3C2)c1. The number of hydrogen-bond acceptors (Lipinski definition) is 4. The van der Waals surface area contributed by atoms with Crippen LogP contribution in [0.2, 0.25) is 0 Å². The molecular weight excluding hydrogens is 356 g/mol. The number of hydrogen-bond donors (Lipinski definition) is 1. The molecule has 2 amide bonds. The summed E-state index contributed by atoms with van der Waals surface area (Å²) in [6.07, 6.45) is 1.76. The van der Waals surface area contributed by atoms with E-state index in [4.69, 9.17) is 14.2 Å². The van der Waals surface area contributed by atoms with E-state index < -0.39 is 0 Å². The third kappa shape index (κ3) is 4.68. The van der Waals surface area contributed by atoms with Crippen molar-refractivity contribution in [1.29, 1.82) is 0 Å². The quantitative estimate of drug-likeness (QED) is 0.790. The molecule has 0 bridgehead atoms. The van der Waals surface area contributed by atoms with E-state index in [0.29, 0.717) is 32.0 Å². The van der Waals surface area contributed by atoms with Gasteiger partial charge in [-0.05, 0) is 53.8 Å². The summed E-state index contributed by atoms with van der Waals surface area (Å²) in [4.78, 5) is 14.5. The molecule has 6 nitrogen and oxygen atoms in total. The van der Waals surface area contributed by atoms with Crippen LogP contribution in [-0.4, -0.2) is 38.3 Å². The molecule has 0 aliphatic carbocycles. The molecule has 150 valence electrons. The second-order valence-corrected chi connectivity index (χ2v) is 6.80. The minimum Gasteiger partial charge on any atom is -0.494 e. The van der Waals surface area contributed by atoms with Gasteiger partial charge in [0, 0.05) is 19.6 Å². The lowest BCUT2D eigenvalue weighted by molar-refractivity contribution is 0.191. The van der Waals surface area contributed by atoms with Crippen molar-refractivity contribution in [3.8, 4) is 17.2 Å². The fraction of sp³-hybridized carbons (Fsp3) is 0.409. The average molecular weight is 384 g/mol. The van der Waals surface area contributed by atoms with Crippen LogP contribution in [0.5, 0.6) is 17.2 Å². The standard InChI is InChI=1S/C22H28N2O4/c1-4-10-28-19-7-5-6-16(11-19)14-23-22(25)24-9-8-17-12-20(26-2)21(27-3)13-18(17)15-24/h5-7,11-13H,4,8-10,14-15H2,1-3H3,(H,23,25). The molecule has 0 radical (unpaired) electrons. The van der Waals surface area contributed by atoms with Gasteiger partial charge in [-0.2, -0.15) is 0 Å². The molecule has 1 N–H and O–H groups in total. The van der Waals surface area contributed by atoms with Crippen LogP contribution >= 0.6 is 0 Å². The average Bonchev–Trinajstić information content (AvgIpc) is 2.74. The molecule has 28 heavy (non-hydrogen) atoms. The van der Waals surface area contributed by atoms with Crippen LogP contribution in [0, 0.1) is 0 Å². The number of carbonyl (C=O) groups excluding carboxylic acids is 1. The van der Waals surface area contributed by atoms with E-state index in [9.17, 15) is 4.79 Å². The van der Waals surface area contributed by atoms with E-state index >= 15 is 0 Å². The first-order chi connectivity index (χ1) is 13.6. The van der Waals surface area contributed by atoms with Gasteiger partial charge in [0.25, 0.3) is 0 Å². The number of carbonyl (C=O) groups is 1. The maximum absolute atomic E-state index is 12.6. The van der Waals surface area contributed by atoms with Crippen molar-refractivity contribution < 1.29 is 19.0 Å². The summed E-state index contributed by atoms with van der Waals surface area (Å²) in [7, 11) is 3.25. The molecule has 0 unspecified atom stereocenters. The Labute approximate surface area is 166 Å². The zero-order valence-corrected chi connectivity index (χ0v) is 16.8. The topological polar surface area (TPSA) is 60.0 Å². The van der Waals surface area contributed by atoms with Crippen LogP contribution < -0.4 is 19.5 Å². The van der Waals surface area contributed by atoms with Gasteiger partial charge >= 0.3 is 6.03 Å². The summed E-state index contributed by atoms with van der Waals surface area (Å²) < 4.78 is 16.4. The Kier molecular flexibility index (Phi) is 6.63. The number of nitrogens with one attached hydrogen (secondary N) is 1. The smallest absolute Gasteiger partial charge is 0.317 e. The minimum absolute atomic E-state index is 0.0692. The van der Waals surface area contributed by atoms with Gasteiger partial charge in [-0.15, -0.1) is 0 Å². The van der Waals surface area contributed by atoms with Crippen LogP contribution in [0.15, 0.2) is 36.4 Å².